The molecule has 0 N–H and O–H groups in total. The van der Waals surface area contributed by atoms with Gasteiger partial charge in [0.2, 0.25) is 0 Å². The fraction of sp³-hybridized carbons (Fsp3) is 0.538. The third-order valence-electron chi connectivity index (χ3n) is 3.50. The van der Waals surface area contributed by atoms with Crippen molar-refractivity contribution in [1.82, 2.24) is 19.5 Å². The van der Waals surface area contributed by atoms with Gasteiger partial charge in [0, 0.05) is 12.5 Å². The lowest BCUT2D eigenvalue weighted by atomic mass is 9.95. The third-order valence-corrected chi connectivity index (χ3v) is 3.50. The van der Waals surface area contributed by atoms with E-state index in [1.807, 2.05) is 17.6 Å². The molecule has 1 atom stereocenters. The van der Waals surface area contributed by atoms with E-state index in [2.05, 4.69) is 34.2 Å². The molecule has 0 bridgehead atoms. The topological polar surface area (TPSA) is 33.4 Å². The molecule has 0 saturated carbocycles. The lowest BCUT2D eigenvalue weighted by Crippen LogP contribution is -2.31. The van der Waals surface area contributed by atoms with Crippen molar-refractivity contribution >= 4 is 5.65 Å². The molecule has 1 fully saturated rings. The van der Waals surface area contributed by atoms with E-state index in [9.17, 15) is 0 Å². The Bertz CT molecular complexity index is 531. The zero-order chi connectivity index (χ0) is 11.8. The van der Waals surface area contributed by atoms with E-state index >= 15 is 0 Å². The van der Waals surface area contributed by atoms with Gasteiger partial charge in [-0.25, -0.2) is 9.50 Å². The van der Waals surface area contributed by atoms with Gasteiger partial charge in [0.15, 0.2) is 5.65 Å². The number of likely N-dealkylation sites (tertiary alicyclic amines) is 1. The molecule has 4 nitrogen and oxygen atoms in total. The van der Waals surface area contributed by atoms with Crippen LogP contribution in [-0.4, -0.2) is 39.6 Å². The van der Waals surface area contributed by atoms with E-state index in [1.165, 1.54) is 25.1 Å². The summed E-state index contributed by atoms with van der Waals surface area (Å²) in [4.78, 5) is 6.79. The molecule has 1 aliphatic rings. The van der Waals surface area contributed by atoms with Crippen molar-refractivity contribution in [3.8, 4) is 0 Å². The summed E-state index contributed by atoms with van der Waals surface area (Å²) < 4.78 is 1.90. The molecular formula is C13H18N4. The normalized spacial score (nSPS) is 22.1. The molecular weight excluding hydrogens is 212 g/mol. The Balaban J connectivity index is 1.94. The fourth-order valence-electron chi connectivity index (χ4n) is 2.64. The quantitative estimate of drug-likeness (QED) is 0.749. The van der Waals surface area contributed by atoms with Gasteiger partial charge in [-0.2, -0.15) is 5.10 Å². The second-order valence-corrected chi connectivity index (χ2v) is 5.04. The maximum atomic E-state index is 4.68. The number of rotatable bonds is 1. The van der Waals surface area contributed by atoms with Crippen LogP contribution in [0.4, 0.5) is 0 Å². The van der Waals surface area contributed by atoms with Gasteiger partial charge >= 0.3 is 0 Å². The summed E-state index contributed by atoms with van der Waals surface area (Å²) in [6.45, 7) is 4.33. The Morgan fingerprint density at radius 3 is 3.06 bits per heavy atom. The summed E-state index contributed by atoms with van der Waals surface area (Å²) in [5.41, 5.74) is 3.16. The molecule has 2 aromatic heterocycles. The minimum absolute atomic E-state index is 0.570. The third kappa shape index (κ3) is 2.05. The van der Waals surface area contributed by atoms with Crippen LogP contribution in [0.15, 0.2) is 18.3 Å². The van der Waals surface area contributed by atoms with Crippen LogP contribution in [0.1, 0.15) is 30.1 Å². The summed E-state index contributed by atoms with van der Waals surface area (Å²) in [5, 5.41) is 4.68. The predicted molar refractivity (Wildman–Crippen MR) is 67.2 cm³/mol. The van der Waals surface area contributed by atoms with E-state index < -0.39 is 0 Å². The van der Waals surface area contributed by atoms with Gasteiger partial charge in [0.25, 0.3) is 0 Å². The van der Waals surface area contributed by atoms with Gasteiger partial charge in [0.05, 0.1) is 17.6 Å². The van der Waals surface area contributed by atoms with Crippen LogP contribution in [-0.2, 0) is 0 Å². The number of fused-ring (bicyclic) bond motifs is 1. The van der Waals surface area contributed by atoms with Crippen LogP contribution in [0.5, 0.6) is 0 Å². The van der Waals surface area contributed by atoms with Gasteiger partial charge in [0.1, 0.15) is 0 Å². The average molecular weight is 230 g/mol. The molecule has 3 rings (SSSR count). The first kappa shape index (κ1) is 10.7. The highest BCUT2D eigenvalue weighted by atomic mass is 15.3. The van der Waals surface area contributed by atoms with Crippen LogP contribution in [0.2, 0.25) is 0 Å². The monoisotopic (exact) mass is 230 g/mol. The van der Waals surface area contributed by atoms with Crippen LogP contribution in [0, 0.1) is 6.92 Å². The van der Waals surface area contributed by atoms with Gasteiger partial charge in [-0.15, -0.1) is 0 Å². The van der Waals surface area contributed by atoms with Crippen molar-refractivity contribution < 1.29 is 0 Å². The fourth-order valence-corrected chi connectivity index (χ4v) is 2.64. The molecule has 2 aromatic rings. The number of likely N-dealkylation sites (N-methyl/N-ethyl adjacent to an activating group) is 1. The molecule has 1 saturated heterocycles. The smallest absolute Gasteiger partial charge is 0.153 e. The Hall–Kier alpha value is -1.42. The lowest BCUT2D eigenvalue weighted by molar-refractivity contribution is 0.247. The van der Waals surface area contributed by atoms with Gasteiger partial charge in [-0.1, -0.05) is 0 Å². The van der Waals surface area contributed by atoms with Crippen molar-refractivity contribution in [2.24, 2.45) is 0 Å². The number of nitrogens with zero attached hydrogens (tertiary/aromatic N) is 4. The maximum Gasteiger partial charge on any atom is 0.153 e. The van der Waals surface area contributed by atoms with Crippen LogP contribution < -0.4 is 0 Å². The van der Waals surface area contributed by atoms with Crippen LogP contribution >= 0.6 is 0 Å². The first-order chi connectivity index (χ1) is 8.22. The number of hydrogen-bond donors (Lipinski definition) is 0. The van der Waals surface area contributed by atoms with Crippen molar-refractivity contribution in [3.05, 3.63) is 29.7 Å². The second kappa shape index (κ2) is 4.11. The zero-order valence-electron chi connectivity index (χ0n) is 10.4. The minimum Gasteiger partial charge on any atom is -0.306 e. The molecule has 1 aliphatic heterocycles. The molecule has 0 aromatic carbocycles. The van der Waals surface area contributed by atoms with Crippen LogP contribution in [0.3, 0.4) is 0 Å². The first-order valence-corrected chi connectivity index (χ1v) is 6.24. The zero-order valence-corrected chi connectivity index (χ0v) is 10.4. The van der Waals surface area contributed by atoms with Crippen molar-refractivity contribution in [1.29, 1.82) is 0 Å². The van der Waals surface area contributed by atoms with Gasteiger partial charge in [-0.05, 0) is 45.5 Å². The SMILES string of the molecule is Cc1cn2nc(C3CCCN(C)C3)ccc2n1. The maximum absolute atomic E-state index is 4.68. The van der Waals surface area contributed by atoms with E-state index in [-0.39, 0.29) is 0 Å². The first-order valence-electron chi connectivity index (χ1n) is 6.24. The molecule has 17 heavy (non-hydrogen) atoms. The Morgan fingerprint density at radius 1 is 1.35 bits per heavy atom. The van der Waals surface area contributed by atoms with Gasteiger partial charge in [-0.3, -0.25) is 0 Å². The molecule has 3 heterocycles. The summed E-state index contributed by atoms with van der Waals surface area (Å²) in [6, 6.07) is 4.20. The molecule has 0 spiro atoms. The number of aryl methyl sites for hydroxylation is 1. The number of hydrogen-bond acceptors (Lipinski definition) is 3. The number of piperidine rings is 1. The van der Waals surface area contributed by atoms with Crippen molar-refractivity contribution in [3.63, 3.8) is 0 Å². The van der Waals surface area contributed by atoms with Crippen molar-refractivity contribution in [2.75, 3.05) is 20.1 Å². The van der Waals surface area contributed by atoms with Gasteiger partial charge < -0.3 is 4.90 Å². The highest BCUT2D eigenvalue weighted by Gasteiger charge is 2.20. The molecule has 90 valence electrons. The lowest BCUT2D eigenvalue weighted by Gasteiger charge is -2.29. The van der Waals surface area contributed by atoms with E-state index in [1.54, 1.807) is 0 Å². The molecule has 0 aliphatic carbocycles. The Labute approximate surface area is 101 Å². The summed E-state index contributed by atoms with van der Waals surface area (Å²) >= 11 is 0. The standard InChI is InChI=1S/C13H18N4/c1-10-8-17-13(14-10)6-5-12(15-17)11-4-3-7-16(2)9-11/h5-6,8,11H,3-4,7,9H2,1-2H3. The average Bonchev–Trinajstić information content (AvgIpc) is 2.68. The highest BCUT2D eigenvalue weighted by Crippen LogP contribution is 2.24. The second-order valence-electron chi connectivity index (χ2n) is 5.04. The molecule has 0 radical (unpaired) electrons. The molecule has 0 amide bonds. The summed E-state index contributed by atoms with van der Waals surface area (Å²) in [5.74, 6) is 0.570. The Morgan fingerprint density at radius 2 is 2.24 bits per heavy atom. The van der Waals surface area contributed by atoms with Crippen molar-refractivity contribution in [2.45, 2.75) is 25.7 Å². The largest absolute Gasteiger partial charge is 0.306 e. The Kier molecular flexibility index (Phi) is 2.59. The van der Waals surface area contributed by atoms with E-state index in [4.69, 9.17) is 0 Å². The minimum atomic E-state index is 0.570. The van der Waals surface area contributed by atoms with Crippen LogP contribution in [0.25, 0.3) is 5.65 Å². The van der Waals surface area contributed by atoms with E-state index in [0.717, 1.165) is 17.9 Å². The van der Waals surface area contributed by atoms with E-state index in [0.29, 0.717) is 5.92 Å². The predicted octanol–water partition coefficient (Wildman–Crippen LogP) is 1.85. The number of aromatic nitrogens is 3. The molecule has 4 heteroatoms. The highest BCUT2D eigenvalue weighted by molar-refractivity contribution is 5.38. The number of imidazole rings is 1. The molecule has 1 unspecified atom stereocenters. The summed E-state index contributed by atoms with van der Waals surface area (Å²) in [6.07, 6.45) is 4.51. The summed E-state index contributed by atoms with van der Waals surface area (Å²) in [7, 11) is 2.19.